The highest BCUT2D eigenvalue weighted by atomic mass is 32.3. The fourth-order valence-electron chi connectivity index (χ4n) is 4.04. The smallest absolute Gasteiger partial charge is 0.431 e. The lowest BCUT2D eigenvalue weighted by Gasteiger charge is -2.27. The molecule has 2 saturated heterocycles. The molecule has 2 atom stereocenters. The summed E-state index contributed by atoms with van der Waals surface area (Å²) in [6.07, 6.45) is 11.4. The standard InChI is InChI=1S/C21H40N2O3.H2O4S.H2O/c1-19(11-9-17-22-13-5-3-6-14-22)25-21(24)26-20(2)12-10-18-23-15-7-4-8-16-23;1-5(2,3)4;/h19-20H,3-18H2,1-2H3;(H2,1,2,3,4);1H2. The van der Waals surface area contributed by atoms with Crippen LogP contribution in [-0.4, -0.2) is 90.4 Å². The number of ether oxygens (including phenoxy) is 2. The molecule has 0 bridgehead atoms. The summed E-state index contributed by atoms with van der Waals surface area (Å²) in [5.74, 6) is 0. The minimum Gasteiger partial charge on any atom is -0.431 e. The molecule has 11 heteroatoms. The van der Waals surface area contributed by atoms with E-state index >= 15 is 0 Å². The quantitative estimate of drug-likeness (QED) is 0.352. The number of rotatable bonds is 10. The first kappa shape index (κ1) is 31.0. The number of likely N-dealkylation sites (tertiary alicyclic amines) is 2. The van der Waals surface area contributed by atoms with Gasteiger partial charge in [0.15, 0.2) is 0 Å². The minimum atomic E-state index is -4.67. The fraction of sp³-hybridized carbons (Fsp3) is 0.952. The molecular weight excluding hydrogens is 440 g/mol. The van der Waals surface area contributed by atoms with Crippen LogP contribution < -0.4 is 0 Å². The molecule has 2 aliphatic rings. The maximum Gasteiger partial charge on any atom is 0.508 e. The number of carbonyl (C=O) groups is 1. The van der Waals surface area contributed by atoms with Crippen molar-refractivity contribution in [3.8, 4) is 0 Å². The van der Waals surface area contributed by atoms with Gasteiger partial charge in [-0.3, -0.25) is 9.11 Å². The normalized spacial score (nSPS) is 19.6. The van der Waals surface area contributed by atoms with Crippen LogP contribution in [0, 0.1) is 0 Å². The van der Waals surface area contributed by atoms with Gasteiger partial charge in [0.2, 0.25) is 0 Å². The number of carbonyl (C=O) groups excluding carboxylic acids is 1. The second kappa shape index (κ2) is 17.5. The number of hydrogen-bond donors (Lipinski definition) is 2. The van der Waals surface area contributed by atoms with Gasteiger partial charge >= 0.3 is 16.6 Å². The van der Waals surface area contributed by atoms with Crippen LogP contribution in [0.3, 0.4) is 0 Å². The lowest BCUT2D eigenvalue weighted by Crippen LogP contribution is -2.31. The maximum atomic E-state index is 11.9. The van der Waals surface area contributed by atoms with Crippen LogP contribution in [0.1, 0.15) is 78.1 Å². The lowest BCUT2D eigenvalue weighted by atomic mass is 10.1. The Kier molecular flexibility index (Phi) is 17.0. The Balaban J connectivity index is 0.00000144. The summed E-state index contributed by atoms with van der Waals surface area (Å²) < 4.78 is 42.4. The van der Waals surface area contributed by atoms with Gasteiger partial charge in [0, 0.05) is 0 Å². The van der Waals surface area contributed by atoms with E-state index in [0.29, 0.717) is 0 Å². The van der Waals surface area contributed by atoms with Gasteiger partial charge in [0.25, 0.3) is 0 Å². The van der Waals surface area contributed by atoms with E-state index in [-0.39, 0.29) is 17.7 Å². The zero-order valence-electron chi connectivity index (χ0n) is 19.7. The van der Waals surface area contributed by atoms with Crippen molar-refractivity contribution in [2.75, 3.05) is 39.3 Å². The number of piperidine rings is 2. The van der Waals surface area contributed by atoms with Gasteiger partial charge in [0.1, 0.15) is 12.2 Å². The van der Waals surface area contributed by atoms with Crippen LogP contribution in [0.2, 0.25) is 0 Å². The van der Waals surface area contributed by atoms with Gasteiger partial charge in [0.05, 0.1) is 0 Å². The topological polar surface area (TPSA) is 148 Å². The van der Waals surface area contributed by atoms with Crippen LogP contribution in [0.5, 0.6) is 0 Å². The van der Waals surface area contributed by atoms with Crippen molar-refractivity contribution in [1.29, 1.82) is 0 Å². The summed E-state index contributed by atoms with van der Waals surface area (Å²) in [5.41, 5.74) is 0. The molecule has 32 heavy (non-hydrogen) atoms. The molecule has 2 unspecified atom stereocenters. The first-order chi connectivity index (χ1) is 14.6. The lowest BCUT2D eigenvalue weighted by molar-refractivity contribution is 0.00163. The Morgan fingerprint density at radius 2 is 1.09 bits per heavy atom. The third kappa shape index (κ3) is 18.6. The van der Waals surface area contributed by atoms with Crippen LogP contribution in [0.4, 0.5) is 4.79 Å². The van der Waals surface area contributed by atoms with Gasteiger partial charge in [-0.25, -0.2) is 4.79 Å². The average molecular weight is 485 g/mol. The summed E-state index contributed by atoms with van der Waals surface area (Å²) in [7, 11) is -4.67. The van der Waals surface area contributed by atoms with Gasteiger partial charge in [-0.05, 0) is 104 Å². The van der Waals surface area contributed by atoms with E-state index < -0.39 is 16.6 Å². The first-order valence-corrected chi connectivity index (χ1v) is 13.0. The highest BCUT2D eigenvalue weighted by molar-refractivity contribution is 7.79. The van der Waals surface area contributed by atoms with Crippen LogP contribution in [0.25, 0.3) is 0 Å². The Hall–Kier alpha value is -0.980. The average Bonchev–Trinajstić information content (AvgIpc) is 2.68. The van der Waals surface area contributed by atoms with E-state index in [2.05, 4.69) is 9.80 Å². The van der Waals surface area contributed by atoms with Crippen LogP contribution in [-0.2, 0) is 19.9 Å². The maximum absolute atomic E-state index is 11.9. The van der Waals surface area contributed by atoms with E-state index in [9.17, 15) is 4.79 Å². The van der Waals surface area contributed by atoms with Crippen molar-refractivity contribution in [3.63, 3.8) is 0 Å². The van der Waals surface area contributed by atoms with Gasteiger partial charge < -0.3 is 24.7 Å². The third-order valence-corrected chi connectivity index (χ3v) is 5.66. The first-order valence-electron chi connectivity index (χ1n) is 11.7. The van der Waals surface area contributed by atoms with Crippen molar-refractivity contribution < 1.29 is 37.3 Å². The molecule has 0 radical (unpaired) electrons. The Labute approximate surface area is 193 Å². The van der Waals surface area contributed by atoms with Gasteiger partial charge in [-0.15, -0.1) is 0 Å². The van der Waals surface area contributed by atoms with Crippen molar-refractivity contribution in [3.05, 3.63) is 0 Å². The van der Waals surface area contributed by atoms with E-state index in [0.717, 1.165) is 38.8 Å². The van der Waals surface area contributed by atoms with Crippen LogP contribution >= 0.6 is 0 Å². The van der Waals surface area contributed by atoms with Crippen molar-refractivity contribution >= 4 is 16.6 Å². The van der Waals surface area contributed by atoms with E-state index in [1.807, 2.05) is 13.8 Å². The molecule has 2 fully saturated rings. The highest BCUT2D eigenvalue weighted by Crippen LogP contribution is 2.13. The molecule has 2 heterocycles. The molecule has 0 saturated carbocycles. The monoisotopic (exact) mass is 484 g/mol. The summed E-state index contributed by atoms with van der Waals surface area (Å²) in [6, 6.07) is 0. The summed E-state index contributed by atoms with van der Waals surface area (Å²) in [6.45, 7) is 11.1. The Bertz CT molecular complexity index is 536. The van der Waals surface area contributed by atoms with Crippen molar-refractivity contribution in [2.24, 2.45) is 0 Å². The molecule has 2 aliphatic heterocycles. The zero-order valence-corrected chi connectivity index (χ0v) is 20.5. The van der Waals surface area contributed by atoms with E-state index in [1.54, 1.807) is 0 Å². The molecule has 0 aromatic heterocycles. The molecule has 0 aromatic carbocycles. The molecule has 2 rings (SSSR count). The Morgan fingerprint density at radius 1 is 0.781 bits per heavy atom. The summed E-state index contributed by atoms with van der Waals surface area (Å²) >= 11 is 0. The SMILES string of the molecule is CC(CCCN1CCCCC1)OC(=O)OC(C)CCCN1CCCCC1.O.O=S(=O)(O)O. The third-order valence-electron chi connectivity index (χ3n) is 5.66. The Morgan fingerprint density at radius 3 is 1.41 bits per heavy atom. The molecule has 10 nitrogen and oxygen atoms in total. The fourth-order valence-corrected chi connectivity index (χ4v) is 4.04. The predicted octanol–water partition coefficient (Wildman–Crippen LogP) is 2.97. The molecule has 0 spiro atoms. The van der Waals surface area contributed by atoms with Crippen LogP contribution in [0.15, 0.2) is 0 Å². The zero-order chi connectivity index (χ0) is 23.1. The van der Waals surface area contributed by atoms with Crippen molar-refractivity contribution in [2.45, 2.75) is 90.3 Å². The molecular formula is C21H44N2O8S. The molecule has 0 aromatic rings. The summed E-state index contributed by atoms with van der Waals surface area (Å²) in [5, 5.41) is 0. The van der Waals surface area contributed by atoms with Crippen molar-refractivity contribution in [1.82, 2.24) is 9.80 Å². The molecule has 192 valence electrons. The highest BCUT2D eigenvalue weighted by Gasteiger charge is 2.16. The van der Waals surface area contributed by atoms with E-state index in [1.165, 1.54) is 64.7 Å². The van der Waals surface area contributed by atoms with Gasteiger partial charge in [-0.2, -0.15) is 8.42 Å². The molecule has 4 N–H and O–H groups in total. The minimum absolute atomic E-state index is 0. The van der Waals surface area contributed by atoms with E-state index in [4.69, 9.17) is 27.0 Å². The summed E-state index contributed by atoms with van der Waals surface area (Å²) in [4.78, 5) is 17.0. The number of nitrogens with zero attached hydrogens (tertiary/aromatic N) is 2. The predicted molar refractivity (Wildman–Crippen MR) is 123 cm³/mol. The molecule has 0 amide bonds. The largest absolute Gasteiger partial charge is 0.508 e. The number of hydrogen-bond acceptors (Lipinski definition) is 7. The second-order valence-electron chi connectivity index (χ2n) is 8.64. The molecule has 0 aliphatic carbocycles. The van der Waals surface area contributed by atoms with Gasteiger partial charge in [-0.1, -0.05) is 12.8 Å². The second-order valence-corrected chi connectivity index (χ2v) is 9.54.